The molecule has 2 aromatic heterocycles. The van der Waals surface area contributed by atoms with Crippen molar-refractivity contribution in [1.82, 2.24) is 30.1 Å². The summed E-state index contributed by atoms with van der Waals surface area (Å²) in [5, 5.41) is 22.9. The average molecular weight is 413 g/mol. The molecule has 30 heavy (non-hydrogen) atoms. The molecule has 0 fully saturated rings. The Hall–Kier alpha value is -2.58. The number of aromatic nitrogens is 5. The minimum Gasteiger partial charge on any atom is -0.396 e. The Morgan fingerprint density at radius 1 is 1.27 bits per heavy atom. The van der Waals surface area contributed by atoms with E-state index in [1.54, 1.807) is 0 Å². The fraction of sp³-hybridized carbons (Fsp3) is 0.545. The van der Waals surface area contributed by atoms with Gasteiger partial charge in [0.1, 0.15) is 0 Å². The van der Waals surface area contributed by atoms with Gasteiger partial charge in [0.25, 0.3) is 5.56 Å². The van der Waals surface area contributed by atoms with Crippen molar-refractivity contribution in [2.24, 2.45) is 0 Å². The standard InChI is InChI=1S/C22H32N6O2/c1-6-19(20-24-25-26-28(20)22(3,4)5)27(10-7-11-29)14-17-13-16-12-15(2)8-9-18(16)23-21(17)30/h8-9,12-13,19,29H,6-7,10-11,14H2,1-5H3,(H,23,30). The molecule has 0 bridgehead atoms. The number of fused-ring (bicyclic) bond motifs is 1. The monoisotopic (exact) mass is 412 g/mol. The van der Waals surface area contributed by atoms with Gasteiger partial charge in [-0.1, -0.05) is 18.6 Å². The van der Waals surface area contributed by atoms with E-state index < -0.39 is 0 Å². The first kappa shape index (κ1) is 22.1. The zero-order chi connectivity index (χ0) is 21.9. The van der Waals surface area contributed by atoms with Crippen molar-refractivity contribution < 1.29 is 5.11 Å². The van der Waals surface area contributed by atoms with Gasteiger partial charge in [0.2, 0.25) is 0 Å². The number of aromatic amines is 1. The Morgan fingerprint density at radius 2 is 2.03 bits per heavy atom. The molecule has 8 heteroatoms. The zero-order valence-electron chi connectivity index (χ0n) is 18.5. The molecule has 2 N–H and O–H groups in total. The number of aryl methyl sites for hydroxylation is 1. The van der Waals surface area contributed by atoms with Crippen LogP contribution in [0.25, 0.3) is 10.9 Å². The van der Waals surface area contributed by atoms with Gasteiger partial charge in [-0.15, -0.1) is 5.10 Å². The lowest BCUT2D eigenvalue weighted by molar-refractivity contribution is 0.146. The molecule has 2 heterocycles. The van der Waals surface area contributed by atoms with Crippen molar-refractivity contribution in [3.8, 4) is 0 Å². The second-order valence-corrected chi connectivity index (χ2v) is 8.81. The number of pyridine rings is 1. The molecule has 0 aliphatic rings. The maximum atomic E-state index is 12.8. The first-order valence-corrected chi connectivity index (χ1v) is 10.5. The van der Waals surface area contributed by atoms with E-state index in [0.29, 0.717) is 25.1 Å². The van der Waals surface area contributed by atoms with Crippen LogP contribution in [-0.2, 0) is 12.1 Å². The molecule has 0 radical (unpaired) electrons. The van der Waals surface area contributed by atoms with Crippen LogP contribution in [0, 0.1) is 6.92 Å². The van der Waals surface area contributed by atoms with Gasteiger partial charge in [0.15, 0.2) is 5.82 Å². The van der Waals surface area contributed by atoms with Crippen LogP contribution in [0.1, 0.15) is 63.5 Å². The molecule has 1 atom stereocenters. The summed E-state index contributed by atoms with van der Waals surface area (Å²) in [7, 11) is 0. The Labute approximate surface area is 176 Å². The highest BCUT2D eigenvalue weighted by Crippen LogP contribution is 2.27. The number of hydrogen-bond donors (Lipinski definition) is 2. The van der Waals surface area contributed by atoms with Crippen molar-refractivity contribution in [2.75, 3.05) is 13.2 Å². The van der Waals surface area contributed by atoms with Crippen LogP contribution in [-0.4, -0.2) is 48.3 Å². The van der Waals surface area contributed by atoms with E-state index in [1.165, 1.54) is 0 Å². The first-order valence-electron chi connectivity index (χ1n) is 10.5. The van der Waals surface area contributed by atoms with Crippen LogP contribution in [0.5, 0.6) is 0 Å². The fourth-order valence-corrected chi connectivity index (χ4v) is 3.81. The molecular weight excluding hydrogens is 380 g/mol. The highest BCUT2D eigenvalue weighted by molar-refractivity contribution is 5.79. The molecule has 0 spiro atoms. The quantitative estimate of drug-likeness (QED) is 0.590. The minimum absolute atomic E-state index is 0.0709. The predicted molar refractivity (Wildman–Crippen MR) is 117 cm³/mol. The summed E-state index contributed by atoms with van der Waals surface area (Å²) in [5.41, 5.74) is 2.32. The lowest BCUT2D eigenvalue weighted by Crippen LogP contribution is -2.36. The summed E-state index contributed by atoms with van der Waals surface area (Å²) in [5.74, 6) is 0.774. The van der Waals surface area contributed by atoms with Crippen LogP contribution in [0.3, 0.4) is 0 Å². The second kappa shape index (κ2) is 9.06. The van der Waals surface area contributed by atoms with Crippen molar-refractivity contribution in [3.63, 3.8) is 0 Å². The normalized spacial score (nSPS) is 13.3. The van der Waals surface area contributed by atoms with Gasteiger partial charge in [-0.3, -0.25) is 9.69 Å². The second-order valence-electron chi connectivity index (χ2n) is 8.81. The molecule has 0 saturated carbocycles. The van der Waals surface area contributed by atoms with Gasteiger partial charge in [0, 0.05) is 30.8 Å². The summed E-state index contributed by atoms with van der Waals surface area (Å²) in [6.45, 7) is 11.5. The van der Waals surface area contributed by atoms with E-state index in [9.17, 15) is 9.90 Å². The van der Waals surface area contributed by atoms with Gasteiger partial charge in [0.05, 0.1) is 11.6 Å². The fourth-order valence-electron chi connectivity index (χ4n) is 3.81. The summed E-state index contributed by atoms with van der Waals surface area (Å²) in [6, 6.07) is 7.89. The molecule has 8 nitrogen and oxygen atoms in total. The van der Waals surface area contributed by atoms with Crippen LogP contribution in [0.4, 0.5) is 0 Å². The number of aliphatic hydroxyl groups excluding tert-OH is 1. The molecule has 0 aliphatic carbocycles. The zero-order valence-corrected chi connectivity index (χ0v) is 18.5. The molecule has 1 unspecified atom stereocenters. The number of aliphatic hydroxyl groups is 1. The molecule has 1 aromatic carbocycles. The number of rotatable bonds is 8. The SMILES string of the molecule is CCC(c1nnnn1C(C)(C)C)N(CCCO)Cc1cc2cc(C)ccc2[nH]c1=O. The Morgan fingerprint density at radius 3 is 2.70 bits per heavy atom. The third-order valence-electron chi connectivity index (χ3n) is 5.31. The number of benzene rings is 1. The number of hydrogen-bond acceptors (Lipinski definition) is 6. The van der Waals surface area contributed by atoms with Gasteiger partial charge in [-0.2, -0.15) is 0 Å². The highest BCUT2D eigenvalue weighted by atomic mass is 16.3. The van der Waals surface area contributed by atoms with Crippen molar-refractivity contribution in [3.05, 3.63) is 51.6 Å². The van der Waals surface area contributed by atoms with Crippen molar-refractivity contribution in [1.29, 1.82) is 0 Å². The molecule has 3 aromatic rings. The van der Waals surface area contributed by atoms with E-state index >= 15 is 0 Å². The van der Waals surface area contributed by atoms with Crippen LogP contribution < -0.4 is 5.56 Å². The van der Waals surface area contributed by atoms with Crippen molar-refractivity contribution >= 4 is 10.9 Å². The summed E-state index contributed by atoms with van der Waals surface area (Å²) in [6.07, 6.45) is 1.39. The van der Waals surface area contributed by atoms with Crippen LogP contribution in [0.15, 0.2) is 29.1 Å². The number of nitrogens with one attached hydrogen (secondary N) is 1. The van der Waals surface area contributed by atoms with Gasteiger partial charge < -0.3 is 10.1 Å². The van der Waals surface area contributed by atoms with Gasteiger partial charge in [-0.05, 0) is 74.5 Å². The molecular formula is C22H32N6O2. The average Bonchev–Trinajstić information content (AvgIpc) is 3.17. The van der Waals surface area contributed by atoms with E-state index in [0.717, 1.165) is 28.7 Å². The lowest BCUT2D eigenvalue weighted by atomic mass is 10.1. The van der Waals surface area contributed by atoms with E-state index in [4.69, 9.17) is 0 Å². The van der Waals surface area contributed by atoms with E-state index in [1.807, 2.05) is 29.8 Å². The van der Waals surface area contributed by atoms with Crippen molar-refractivity contribution in [2.45, 2.75) is 65.6 Å². The van der Waals surface area contributed by atoms with Crippen LogP contribution in [0.2, 0.25) is 0 Å². The molecule has 0 aliphatic heterocycles. The van der Waals surface area contributed by atoms with Gasteiger partial charge in [-0.25, -0.2) is 4.68 Å². The van der Waals surface area contributed by atoms with E-state index in [2.05, 4.69) is 59.2 Å². The number of H-pyrrole nitrogens is 1. The third-order valence-corrected chi connectivity index (χ3v) is 5.31. The Kier molecular flexibility index (Phi) is 6.67. The smallest absolute Gasteiger partial charge is 0.252 e. The largest absolute Gasteiger partial charge is 0.396 e. The maximum absolute atomic E-state index is 12.8. The summed E-state index contributed by atoms with van der Waals surface area (Å²) < 4.78 is 1.85. The Bertz CT molecular complexity index is 1050. The molecule has 3 rings (SSSR count). The molecule has 162 valence electrons. The summed E-state index contributed by atoms with van der Waals surface area (Å²) >= 11 is 0. The molecule has 0 amide bonds. The minimum atomic E-state index is -0.257. The summed E-state index contributed by atoms with van der Waals surface area (Å²) in [4.78, 5) is 18.0. The number of tetrazole rings is 1. The topological polar surface area (TPSA) is 99.9 Å². The van der Waals surface area contributed by atoms with E-state index in [-0.39, 0.29) is 23.7 Å². The number of nitrogens with zero attached hydrogens (tertiary/aromatic N) is 5. The maximum Gasteiger partial charge on any atom is 0.252 e. The predicted octanol–water partition coefficient (Wildman–Crippen LogP) is 2.91. The third kappa shape index (κ3) is 4.76. The van der Waals surface area contributed by atoms with Crippen LogP contribution >= 0.6 is 0 Å². The van der Waals surface area contributed by atoms with Gasteiger partial charge >= 0.3 is 0 Å². The first-order chi connectivity index (χ1) is 14.2. The lowest BCUT2D eigenvalue weighted by Gasteiger charge is -2.32. The highest BCUT2D eigenvalue weighted by Gasteiger charge is 2.29. The molecule has 0 saturated heterocycles. The Balaban J connectivity index is 2.00.